The van der Waals surface area contributed by atoms with Crippen LogP contribution in [0.5, 0.6) is 0 Å². The molecule has 84 valence electrons. The van der Waals surface area contributed by atoms with Crippen molar-refractivity contribution in [2.45, 2.75) is 26.4 Å². The van der Waals surface area contributed by atoms with E-state index in [1.807, 2.05) is 6.92 Å². The normalized spacial score (nSPS) is 12.3. The summed E-state index contributed by atoms with van der Waals surface area (Å²) in [5, 5.41) is 15.2. The second-order valence-electron chi connectivity index (χ2n) is 3.54. The van der Waals surface area contributed by atoms with E-state index in [2.05, 4.69) is 20.6 Å². The predicted octanol–water partition coefficient (Wildman–Crippen LogP) is 1.01. The molecule has 1 aromatic heterocycles. The molecule has 15 heavy (non-hydrogen) atoms. The van der Waals surface area contributed by atoms with Gasteiger partial charge in [-0.3, -0.25) is 0 Å². The first-order chi connectivity index (χ1) is 7.13. The summed E-state index contributed by atoms with van der Waals surface area (Å²) in [5.74, 6) is 1.41. The van der Waals surface area contributed by atoms with E-state index in [9.17, 15) is 0 Å². The zero-order valence-electron chi connectivity index (χ0n) is 9.41. The number of aryl methyl sites for hydroxylation is 1. The maximum absolute atomic E-state index is 9.12. The highest BCUT2D eigenvalue weighted by Gasteiger charge is 2.02. The van der Waals surface area contributed by atoms with E-state index in [0.717, 1.165) is 11.4 Å². The van der Waals surface area contributed by atoms with Crippen LogP contribution in [-0.4, -0.2) is 34.8 Å². The van der Waals surface area contributed by atoms with Gasteiger partial charge in [0.2, 0.25) is 5.95 Å². The van der Waals surface area contributed by atoms with Gasteiger partial charge in [0.25, 0.3) is 0 Å². The van der Waals surface area contributed by atoms with Crippen molar-refractivity contribution in [3.8, 4) is 0 Å². The van der Waals surface area contributed by atoms with E-state index < -0.39 is 0 Å². The molecule has 0 spiro atoms. The van der Waals surface area contributed by atoms with Gasteiger partial charge in [-0.2, -0.15) is 4.98 Å². The summed E-state index contributed by atoms with van der Waals surface area (Å²) in [5.41, 5.74) is 1.000. The summed E-state index contributed by atoms with van der Waals surface area (Å²) in [6.07, 6.45) is 2.19. The van der Waals surface area contributed by atoms with Crippen molar-refractivity contribution < 1.29 is 5.11 Å². The molecule has 5 heteroatoms. The largest absolute Gasteiger partial charge is 0.393 e. The first-order valence-electron chi connectivity index (χ1n) is 5.07. The Labute approximate surface area is 90.0 Å². The van der Waals surface area contributed by atoms with Crippen molar-refractivity contribution in [1.29, 1.82) is 0 Å². The Bertz CT molecular complexity index is 314. The number of nitrogens with one attached hydrogen (secondary N) is 2. The minimum Gasteiger partial charge on any atom is -0.393 e. The molecular formula is C10H18N4O. The third-order valence-corrected chi connectivity index (χ3v) is 2.05. The molecular weight excluding hydrogens is 192 g/mol. The number of aliphatic hydroxyl groups excluding tert-OH is 1. The minimum absolute atomic E-state index is 0.289. The van der Waals surface area contributed by atoms with Gasteiger partial charge in [0.1, 0.15) is 5.82 Å². The fourth-order valence-electron chi connectivity index (χ4n) is 1.14. The van der Waals surface area contributed by atoms with Crippen LogP contribution < -0.4 is 10.6 Å². The van der Waals surface area contributed by atoms with E-state index in [-0.39, 0.29) is 6.10 Å². The Morgan fingerprint density at radius 3 is 2.87 bits per heavy atom. The average Bonchev–Trinajstić information content (AvgIpc) is 2.20. The molecule has 0 saturated carbocycles. The minimum atomic E-state index is -0.289. The van der Waals surface area contributed by atoms with Gasteiger partial charge in [-0.15, -0.1) is 0 Å². The smallest absolute Gasteiger partial charge is 0.224 e. The zero-order valence-corrected chi connectivity index (χ0v) is 9.41. The maximum atomic E-state index is 9.12. The van der Waals surface area contributed by atoms with Crippen LogP contribution in [0.3, 0.4) is 0 Å². The summed E-state index contributed by atoms with van der Waals surface area (Å²) in [4.78, 5) is 8.36. The van der Waals surface area contributed by atoms with Crippen LogP contribution in [0.2, 0.25) is 0 Å². The molecule has 0 aliphatic heterocycles. The molecule has 0 amide bonds. The molecule has 0 aromatic carbocycles. The van der Waals surface area contributed by atoms with Gasteiger partial charge in [0.15, 0.2) is 0 Å². The number of nitrogens with zero attached hydrogens (tertiary/aromatic N) is 2. The van der Waals surface area contributed by atoms with Crippen molar-refractivity contribution in [2.24, 2.45) is 0 Å². The lowest BCUT2D eigenvalue weighted by atomic mass is 10.3. The number of aliphatic hydroxyl groups is 1. The average molecular weight is 210 g/mol. The molecule has 0 radical (unpaired) electrons. The van der Waals surface area contributed by atoms with E-state index >= 15 is 0 Å². The second-order valence-corrected chi connectivity index (χ2v) is 3.54. The maximum Gasteiger partial charge on any atom is 0.224 e. The van der Waals surface area contributed by atoms with E-state index in [1.54, 1.807) is 20.2 Å². The van der Waals surface area contributed by atoms with Crippen molar-refractivity contribution in [1.82, 2.24) is 9.97 Å². The Hall–Kier alpha value is -1.36. The fraction of sp³-hybridized carbons (Fsp3) is 0.600. The lowest BCUT2D eigenvalue weighted by molar-refractivity contribution is 0.188. The van der Waals surface area contributed by atoms with Crippen molar-refractivity contribution in [2.75, 3.05) is 24.2 Å². The second kappa shape index (κ2) is 5.50. The number of aromatic nitrogens is 2. The van der Waals surface area contributed by atoms with Crippen LogP contribution in [0, 0.1) is 6.92 Å². The highest BCUT2D eigenvalue weighted by Crippen LogP contribution is 2.11. The van der Waals surface area contributed by atoms with Gasteiger partial charge in [-0.1, -0.05) is 0 Å². The molecule has 1 heterocycles. The molecule has 0 saturated heterocycles. The van der Waals surface area contributed by atoms with Crippen LogP contribution in [0.15, 0.2) is 6.20 Å². The van der Waals surface area contributed by atoms with Gasteiger partial charge in [0.05, 0.1) is 6.10 Å². The monoisotopic (exact) mass is 210 g/mol. The highest BCUT2D eigenvalue weighted by molar-refractivity contribution is 5.46. The number of hydrogen-bond donors (Lipinski definition) is 3. The van der Waals surface area contributed by atoms with E-state index in [1.165, 1.54) is 0 Å². The van der Waals surface area contributed by atoms with Gasteiger partial charge >= 0.3 is 0 Å². The molecule has 0 aliphatic rings. The Kier molecular flexibility index (Phi) is 4.30. The standard InChI is InChI=1S/C10H18N4O/c1-7-6-13-10(11-3)14-9(7)12-5-4-8(2)15/h6,8,15H,4-5H2,1-3H3,(H2,11,12,13,14). The zero-order chi connectivity index (χ0) is 11.3. The molecule has 0 aliphatic carbocycles. The molecule has 1 aromatic rings. The van der Waals surface area contributed by atoms with Crippen LogP contribution in [0.4, 0.5) is 11.8 Å². The number of anilines is 2. The quantitative estimate of drug-likeness (QED) is 0.676. The van der Waals surface area contributed by atoms with Crippen molar-refractivity contribution in [3.63, 3.8) is 0 Å². The predicted molar refractivity (Wildman–Crippen MR) is 61.1 cm³/mol. The number of rotatable bonds is 5. The third kappa shape index (κ3) is 3.71. The van der Waals surface area contributed by atoms with Crippen LogP contribution in [0.25, 0.3) is 0 Å². The third-order valence-electron chi connectivity index (χ3n) is 2.05. The Balaban J connectivity index is 2.59. The van der Waals surface area contributed by atoms with Gasteiger partial charge in [-0.25, -0.2) is 4.98 Å². The van der Waals surface area contributed by atoms with Gasteiger partial charge < -0.3 is 15.7 Å². The molecule has 0 bridgehead atoms. The Morgan fingerprint density at radius 1 is 1.53 bits per heavy atom. The summed E-state index contributed by atoms with van der Waals surface area (Å²) in [7, 11) is 1.78. The van der Waals surface area contributed by atoms with E-state index in [0.29, 0.717) is 18.9 Å². The summed E-state index contributed by atoms with van der Waals surface area (Å²) in [6.45, 7) is 4.43. The van der Waals surface area contributed by atoms with Crippen LogP contribution in [0.1, 0.15) is 18.9 Å². The summed E-state index contributed by atoms with van der Waals surface area (Å²) in [6, 6.07) is 0. The molecule has 1 rings (SSSR count). The van der Waals surface area contributed by atoms with Gasteiger partial charge in [-0.05, 0) is 20.3 Å². The number of hydrogen-bond acceptors (Lipinski definition) is 5. The van der Waals surface area contributed by atoms with E-state index in [4.69, 9.17) is 5.11 Å². The SMILES string of the molecule is CNc1ncc(C)c(NCCC(C)O)n1. The molecule has 1 unspecified atom stereocenters. The molecule has 1 atom stereocenters. The molecule has 0 fully saturated rings. The first kappa shape index (κ1) is 11.7. The van der Waals surface area contributed by atoms with Crippen LogP contribution >= 0.6 is 0 Å². The lowest BCUT2D eigenvalue weighted by Crippen LogP contribution is -2.12. The summed E-state index contributed by atoms with van der Waals surface area (Å²) < 4.78 is 0. The van der Waals surface area contributed by atoms with Crippen molar-refractivity contribution >= 4 is 11.8 Å². The molecule has 3 N–H and O–H groups in total. The topological polar surface area (TPSA) is 70.1 Å². The Morgan fingerprint density at radius 2 is 2.27 bits per heavy atom. The van der Waals surface area contributed by atoms with Crippen molar-refractivity contribution in [3.05, 3.63) is 11.8 Å². The summed E-state index contributed by atoms with van der Waals surface area (Å²) >= 11 is 0. The van der Waals surface area contributed by atoms with Crippen LogP contribution in [-0.2, 0) is 0 Å². The van der Waals surface area contributed by atoms with Gasteiger partial charge in [0, 0.05) is 25.4 Å². The first-order valence-corrected chi connectivity index (χ1v) is 5.07. The highest BCUT2D eigenvalue weighted by atomic mass is 16.3. The molecule has 5 nitrogen and oxygen atoms in total. The fourth-order valence-corrected chi connectivity index (χ4v) is 1.14. The lowest BCUT2D eigenvalue weighted by Gasteiger charge is -2.10.